The summed E-state index contributed by atoms with van der Waals surface area (Å²) in [5.74, 6) is 0.0219. The first kappa shape index (κ1) is 22.3. The van der Waals surface area contributed by atoms with Gasteiger partial charge in [-0.25, -0.2) is 0 Å². The van der Waals surface area contributed by atoms with Gasteiger partial charge in [0.1, 0.15) is 11.9 Å². The molecular weight excluding hydrogens is 390 g/mol. The molecule has 0 spiro atoms. The van der Waals surface area contributed by atoms with Crippen LogP contribution in [0.25, 0.3) is 0 Å². The van der Waals surface area contributed by atoms with Crippen molar-refractivity contribution in [3.05, 3.63) is 54.1 Å². The van der Waals surface area contributed by atoms with E-state index in [1.54, 1.807) is 12.1 Å². The molecule has 0 bridgehead atoms. The van der Waals surface area contributed by atoms with E-state index in [4.69, 9.17) is 11.1 Å². The minimum Gasteiger partial charge on any atom is -0.384 e. The number of benzene rings is 2. The molecule has 7 nitrogen and oxygen atoms in total. The van der Waals surface area contributed by atoms with E-state index < -0.39 is 6.04 Å². The molecule has 1 fully saturated rings. The first-order valence-electron chi connectivity index (χ1n) is 10.9. The summed E-state index contributed by atoms with van der Waals surface area (Å²) in [6.07, 6.45) is 5.14. The van der Waals surface area contributed by atoms with Crippen LogP contribution in [0.5, 0.6) is 0 Å². The summed E-state index contributed by atoms with van der Waals surface area (Å²) in [7, 11) is 0. The van der Waals surface area contributed by atoms with E-state index >= 15 is 0 Å². The van der Waals surface area contributed by atoms with E-state index in [-0.39, 0.29) is 17.6 Å². The fourth-order valence-electron chi connectivity index (χ4n) is 3.69. The number of piperidine rings is 1. The molecule has 1 saturated heterocycles. The molecule has 31 heavy (non-hydrogen) atoms. The lowest BCUT2D eigenvalue weighted by molar-refractivity contribution is -0.119. The van der Waals surface area contributed by atoms with Gasteiger partial charge in [-0.15, -0.1) is 0 Å². The maximum absolute atomic E-state index is 13.0. The number of nitrogens with zero attached hydrogens (tertiary/aromatic N) is 1. The molecule has 0 aliphatic carbocycles. The van der Waals surface area contributed by atoms with Gasteiger partial charge in [-0.05, 0) is 55.7 Å². The quantitative estimate of drug-likeness (QED) is 0.361. The van der Waals surface area contributed by atoms with Gasteiger partial charge < -0.3 is 21.3 Å². The normalized spacial score (nSPS) is 14.7. The van der Waals surface area contributed by atoms with Gasteiger partial charge in [-0.1, -0.05) is 31.9 Å². The molecule has 1 atom stereocenters. The first-order chi connectivity index (χ1) is 15.0. The molecule has 2 amide bonds. The topological polar surface area (TPSA) is 111 Å². The lowest BCUT2D eigenvalue weighted by Gasteiger charge is -2.27. The van der Waals surface area contributed by atoms with E-state index in [9.17, 15) is 9.59 Å². The van der Waals surface area contributed by atoms with Gasteiger partial charge in [0.2, 0.25) is 11.8 Å². The van der Waals surface area contributed by atoms with Crippen molar-refractivity contribution in [3.63, 3.8) is 0 Å². The molecule has 164 valence electrons. The van der Waals surface area contributed by atoms with Crippen LogP contribution in [0.1, 0.15) is 51.0 Å². The van der Waals surface area contributed by atoms with Gasteiger partial charge in [0.05, 0.1) is 0 Å². The standard InChI is InChI=1S/C24H31N5O2/c1-2-3-9-21(27-19-8-6-7-17(16-19)23(25)26)24(31)28-18-11-13-20(14-12-18)29-15-5-4-10-22(29)30/h6-8,11-14,16,21,27H,2-5,9-10,15H2,1H3,(H3,25,26)(H,28,31). The van der Waals surface area contributed by atoms with Crippen LogP contribution >= 0.6 is 0 Å². The number of hydrogen-bond donors (Lipinski definition) is 4. The third kappa shape index (κ3) is 6.07. The maximum Gasteiger partial charge on any atom is 0.246 e. The Bertz CT molecular complexity index is 926. The lowest BCUT2D eigenvalue weighted by Crippen LogP contribution is -2.35. The average Bonchev–Trinajstić information content (AvgIpc) is 2.77. The van der Waals surface area contributed by atoms with Crippen LogP contribution in [-0.4, -0.2) is 30.2 Å². The lowest BCUT2D eigenvalue weighted by atomic mass is 10.1. The van der Waals surface area contributed by atoms with Crippen molar-refractivity contribution < 1.29 is 9.59 Å². The average molecular weight is 422 g/mol. The third-order valence-electron chi connectivity index (χ3n) is 5.45. The molecule has 7 heteroatoms. The Balaban J connectivity index is 1.68. The number of rotatable bonds is 9. The third-order valence-corrected chi connectivity index (χ3v) is 5.45. The Morgan fingerprint density at radius 2 is 1.94 bits per heavy atom. The van der Waals surface area contributed by atoms with Crippen molar-refractivity contribution in [1.82, 2.24) is 0 Å². The van der Waals surface area contributed by atoms with Gasteiger partial charge in [-0.3, -0.25) is 15.0 Å². The summed E-state index contributed by atoms with van der Waals surface area (Å²) in [5.41, 5.74) is 8.51. The largest absolute Gasteiger partial charge is 0.384 e. The molecule has 1 unspecified atom stereocenters. The van der Waals surface area contributed by atoms with Gasteiger partial charge in [-0.2, -0.15) is 0 Å². The Hall–Kier alpha value is -3.35. The van der Waals surface area contributed by atoms with E-state index in [1.807, 2.05) is 41.3 Å². The van der Waals surface area contributed by atoms with Crippen LogP contribution in [0, 0.1) is 5.41 Å². The molecule has 0 saturated carbocycles. The van der Waals surface area contributed by atoms with Gasteiger partial charge in [0, 0.05) is 35.6 Å². The van der Waals surface area contributed by atoms with Crippen molar-refractivity contribution in [2.45, 2.75) is 51.5 Å². The Morgan fingerprint density at radius 3 is 2.61 bits per heavy atom. The summed E-state index contributed by atoms with van der Waals surface area (Å²) in [5, 5.41) is 13.9. The first-order valence-corrected chi connectivity index (χ1v) is 10.9. The molecule has 1 aliphatic rings. The van der Waals surface area contributed by atoms with Crippen molar-refractivity contribution in [2.24, 2.45) is 5.73 Å². The number of carbonyl (C=O) groups is 2. The summed E-state index contributed by atoms with van der Waals surface area (Å²) >= 11 is 0. The second kappa shape index (κ2) is 10.6. The second-order valence-corrected chi connectivity index (χ2v) is 7.87. The Morgan fingerprint density at radius 1 is 1.16 bits per heavy atom. The second-order valence-electron chi connectivity index (χ2n) is 7.87. The molecular formula is C24H31N5O2. The van der Waals surface area contributed by atoms with Crippen molar-refractivity contribution in [3.8, 4) is 0 Å². The molecule has 5 N–H and O–H groups in total. The van der Waals surface area contributed by atoms with Crippen LogP contribution in [0.15, 0.2) is 48.5 Å². The highest BCUT2D eigenvalue weighted by Crippen LogP contribution is 2.23. The highest BCUT2D eigenvalue weighted by molar-refractivity contribution is 5.98. The number of carbonyl (C=O) groups excluding carboxylic acids is 2. The maximum atomic E-state index is 13.0. The van der Waals surface area contributed by atoms with Crippen molar-refractivity contribution in [1.29, 1.82) is 5.41 Å². The van der Waals surface area contributed by atoms with Crippen LogP contribution in [-0.2, 0) is 9.59 Å². The number of nitrogen functional groups attached to an aromatic ring is 1. The number of unbranched alkanes of at least 4 members (excludes halogenated alkanes) is 1. The monoisotopic (exact) mass is 421 g/mol. The molecule has 0 radical (unpaired) electrons. The molecule has 1 heterocycles. The summed E-state index contributed by atoms with van der Waals surface area (Å²) < 4.78 is 0. The molecule has 3 rings (SSSR count). The number of anilines is 3. The summed E-state index contributed by atoms with van der Waals surface area (Å²) in [6.45, 7) is 2.83. The SMILES string of the molecule is CCCCC(Nc1cccc(C(=N)N)c1)C(=O)Nc1ccc(N2CCCCC2=O)cc1. The van der Waals surface area contributed by atoms with E-state index in [2.05, 4.69) is 17.6 Å². The number of hydrogen-bond acceptors (Lipinski definition) is 4. The van der Waals surface area contributed by atoms with Crippen LogP contribution < -0.4 is 21.3 Å². The molecule has 2 aromatic rings. The van der Waals surface area contributed by atoms with E-state index in [1.165, 1.54) is 0 Å². The van der Waals surface area contributed by atoms with Gasteiger partial charge in [0.15, 0.2) is 0 Å². The van der Waals surface area contributed by atoms with E-state index in [0.29, 0.717) is 24.1 Å². The minimum atomic E-state index is -0.412. The van der Waals surface area contributed by atoms with Crippen molar-refractivity contribution >= 4 is 34.7 Å². The van der Waals surface area contributed by atoms with E-state index in [0.717, 1.165) is 43.6 Å². The zero-order valence-electron chi connectivity index (χ0n) is 18.0. The predicted octanol–water partition coefficient (Wildman–Crippen LogP) is 4.10. The Kier molecular flexibility index (Phi) is 7.65. The molecule has 2 aromatic carbocycles. The number of nitrogens with one attached hydrogen (secondary N) is 3. The molecule has 1 aliphatic heterocycles. The highest BCUT2D eigenvalue weighted by atomic mass is 16.2. The van der Waals surface area contributed by atoms with Gasteiger partial charge in [0.25, 0.3) is 0 Å². The summed E-state index contributed by atoms with van der Waals surface area (Å²) in [4.78, 5) is 26.9. The number of amidine groups is 1. The van der Waals surface area contributed by atoms with Gasteiger partial charge >= 0.3 is 0 Å². The number of amides is 2. The van der Waals surface area contributed by atoms with Crippen molar-refractivity contribution in [2.75, 3.05) is 22.1 Å². The zero-order chi connectivity index (χ0) is 22.2. The van der Waals surface area contributed by atoms with Crippen LogP contribution in [0.3, 0.4) is 0 Å². The summed E-state index contributed by atoms with van der Waals surface area (Å²) in [6, 6.07) is 14.2. The molecule has 0 aromatic heterocycles. The predicted molar refractivity (Wildman–Crippen MR) is 126 cm³/mol. The zero-order valence-corrected chi connectivity index (χ0v) is 18.0. The highest BCUT2D eigenvalue weighted by Gasteiger charge is 2.21. The van der Waals surface area contributed by atoms with Crippen LogP contribution in [0.4, 0.5) is 17.1 Å². The minimum absolute atomic E-state index is 0.00881. The fourth-order valence-corrected chi connectivity index (χ4v) is 3.69. The fraction of sp³-hybridized carbons (Fsp3) is 0.375. The smallest absolute Gasteiger partial charge is 0.246 e. The Labute approximate surface area is 183 Å². The number of nitrogens with two attached hydrogens (primary N) is 1. The van der Waals surface area contributed by atoms with Crippen LogP contribution in [0.2, 0.25) is 0 Å².